The van der Waals surface area contributed by atoms with Crippen molar-refractivity contribution >= 4 is 28.2 Å². The Morgan fingerprint density at radius 3 is 2.58 bits per heavy atom. The molecule has 0 saturated carbocycles. The third kappa shape index (κ3) is 5.94. The van der Waals surface area contributed by atoms with E-state index in [1.54, 1.807) is 28.5 Å². The zero-order valence-corrected chi connectivity index (χ0v) is 19.1. The van der Waals surface area contributed by atoms with Crippen LogP contribution >= 0.6 is 0 Å². The number of amides is 1. The van der Waals surface area contributed by atoms with Gasteiger partial charge in [-0.25, -0.2) is 14.0 Å². The zero-order valence-electron chi connectivity index (χ0n) is 18.3. The molecular weight excluding hydrogens is 420 g/mol. The van der Waals surface area contributed by atoms with E-state index < -0.39 is 16.4 Å². The SMILES string of the molecule is COc1cc(C=O)ccc1OCC1=CS(=O)C(C2CCN(C(=O)OC(C)(C)C)CC2)=N1. The number of aliphatic imine (C=N–C) groups is 1. The Bertz CT molecular complexity index is 926. The van der Waals surface area contributed by atoms with Gasteiger partial charge in [0.15, 0.2) is 11.5 Å². The quantitative estimate of drug-likeness (QED) is 0.618. The number of hydrogen-bond acceptors (Lipinski definition) is 7. The summed E-state index contributed by atoms with van der Waals surface area (Å²) in [5.74, 6) is 0.979. The maximum atomic E-state index is 12.6. The van der Waals surface area contributed by atoms with E-state index in [4.69, 9.17) is 14.2 Å². The van der Waals surface area contributed by atoms with Crippen molar-refractivity contribution in [2.75, 3.05) is 26.8 Å². The molecule has 0 spiro atoms. The number of nitrogens with zero attached hydrogens (tertiary/aromatic N) is 2. The lowest BCUT2D eigenvalue weighted by atomic mass is 9.98. The first kappa shape index (κ1) is 23.0. The highest BCUT2D eigenvalue weighted by Gasteiger charge is 2.32. The third-order valence-electron chi connectivity index (χ3n) is 4.90. The van der Waals surface area contributed by atoms with Crippen molar-refractivity contribution in [2.45, 2.75) is 39.2 Å². The molecule has 1 aromatic rings. The van der Waals surface area contributed by atoms with Crippen LogP contribution in [0.3, 0.4) is 0 Å². The van der Waals surface area contributed by atoms with Crippen molar-refractivity contribution in [2.24, 2.45) is 10.9 Å². The first-order valence-electron chi connectivity index (χ1n) is 10.1. The summed E-state index contributed by atoms with van der Waals surface area (Å²) in [7, 11) is 0.200. The van der Waals surface area contributed by atoms with Gasteiger partial charge in [0, 0.05) is 30.0 Å². The highest BCUT2D eigenvalue weighted by molar-refractivity contribution is 8.03. The molecule has 2 heterocycles. The highest BCUT2D eigenvalue weighted by Crippen LogP contribution is 2.30. The summed E-state index contributed by atoms with van der Waals surface area (Å²) in [5, 5.41) is 2.23. The third-order valence-corrected chi connectivity index (χ3v) is 6.22. The van der Waals surface area contributed by atoms with Crippen LogP contribution in [-0.2, 0) is 15.5 Å². The van der Waals surface area contributed by atoms with Crippen molar-refractivity contribution in [1.29, 1.82) is 0 Å². The molecule has 0 aliphatic carbocycles. The van der Waals surface area contributed by atoms with Gasteiger partial charge in [-0.1, -0.05) is 0 Å². The molecule has 0 N–H and O–H groups in total. The number of benzene rings is 1. The molecule has 0 radical (unpaired) electrons. The second kappa shape index (κ2) is 9.64. The molecule has 2 aliphatic rings. The van der Waals surface area contributed by atoms with Gasteiger partial charge in [0.2, 0.25) is 0 Å². The Hall–Kier alpha value is -2.68. The number of carbonyl (C=O) groups excluding carboxylic acids is 2. The summed E-state index contributed by atoms with van der Waals surface area (Å²) in [6.45, 7) is 6.76. The molecule has 168 valence electrons. The second-order valence-corrected chi connectivity index (χ2v) is 9.66. The summed E-state index contributed by atoms with van der Waals surface area (Å²) >= 11 is 0. The molecule has 1 amide bonds. The molecule has 0 aromatic heterocycles. The van der Waals surface area contributed by atoms with E-state index in [2.05, 4.69) is 4.99 Å². The maximum absolute atomic E-state index is 12.6. The van der Waals surface area contributed by atoms with Gasteiger partial charge >= 0.3 is 6.09 Å². The van der Waals surface area contributed by atoms with Crippen LogP contribution < -0.4 is 9.47 Å². The van der Waals surface area contributed by atoms with E-state index in [1.165, 1.54) is 7.11 Å². The van der Waals surface area contributed by atoms with Gasteiger partial charge in [-0.2, -0.15) is 0 Å². The minimum Gasteiger partial charge on any atom is -0.493 e. The number of ether oxygens (including phenoxy) is 3. The monoisotopic (exact) mass is 448 g/mol. The van der Waals surface area contributed by atoms with Crippen LogP contribution in [-0.4, -0.2) is 58.9 Å². The van der Waals surface area contributed by atoms with Crippen molar-refractivity contribution in [3.8, 4) is 11.5 Å². The maximum Gasteiger partial charge on any atom is 0.410 e. The van der Waals surface area contributed by atoms with Crippen LogP contribution in [0.2, 0.25) is 0 Å². The molecule has 1 atom stereocenters. The van der Waals surface area contributed by atoms with Gasteiger partial charge in [-0.15, -0.1) is 0 Å². The standard InChI is InChI=1S/C22H28N2O6S/c1-22(2,3)30-21(26)24-9-7-16(8-10-24)20-23-17(14-31(20)27)13-29-18-6-5-15(12-25)11-19(18)28-4/h5-6,11-12,14,16H,7-10,13H2,1-4H3. The summed E-state index contributed by atoms with van der Waals surface area (Å²) in [4.78, 5) is 29.4. The molecular formula is C22H28N2O6S. The Balaban J connectivity index is 1.57. The van der Waals surface area contributed by atoms with Crippen molar-refractivity contribution in [3.05, 3.63) is 34.9 Å². The highest BCUT2D eigenvalue weighted by atomic mass is 32.2. The van der Waals surface area contributed by atoms with E-state index in [1.807, 2.05) is 20.8 Å². The molecule has 1 unspecified atom stereocenters. The number of carbonyl (C=O) groups is 2. The van der Waals surface area contributed by atoms with E-state index in [0.29, 0.717) is 53.7 Å². The zero-order chi connectivity index (χ0) is 22.6. The smallest absolute Gasteiger partial charge is 0.410 e. The number of methoxy groups -OCH3 is 1. The van der Waals surface area contributed by atoms with Gasteiger partial charge in [0.05, 0.1) is 23.6 Å². The Labute approximate surface area is 184 Å². The average molecular weight is 449 g/mol. The molecule has 31 heavy (non-hydrogen) atoms. The first-order chi connectivity index (χ1) is 14.7. The van der Waals surface area contributed by atoms with Gasteiger partial charge in [-0.3, -0.25) is 4.79 Å². The number of piperidine rings is 1. The fraction of sp³-hybridized carbons (Fsp3) is 0.500. The van der Waals surface area contributed by atoms with Crippen molar-refractivity contribution in [1.82, 2.24) is 4.90 Å². The van der Waals surface area contributed by atoms with Gasteiger partial charge in [-0.05, 0) is 51.8 Å². The number of aldehydes is 1. The van der Waals surface area contributed by atoms with Gasteiger partial charge in [0.25, 0.3) is 0 Å². The Morgan fingerprint density at radius 1 is 1.26 bits per heavy atom. The summed E-state index contributed by atoms with van der Waals surface area (Å²) in [6.07, 6.45) is 1.79. The predicted octanol–water partition coefficient (Wildman–Crippen LogP) is 3.54. The van der Waals surface area contributed by atoms with E-state index in [-0.39, 0.29) is 18.6 Å². The molecule has 1 saturated heterocycles. The fourth-order valence-corrected chi connectivity index (χ4v) is 4.64. The Kier molecular flexibility index (Phi) is 7.15. The lowest BCUT2D eigenvalue weighted by Gasteiger charge is -2.33. The number of likely N-dealkylation sites (tertiary alicyclic amines) is 1. The molecule has 2 aliphatic heterocycles. The van der Waals surface area contributed by atoms with Crippen LogP contribution in [0.5, 0.6) is 11.5 Å². The fourth-order valence-electron chi connectivity index (χ4n) is 3.38. The second-order valence-electron chi connectivity index (χ2n) is 8.42. The molecule has 0 bridgehead atoms. The summed E-state index contributed by atoms with van der Waals surface area (Å²) < 4.78 is 29.0. The number of hydrogen-bond donors (Lipinski definition) is 0. The molecule has 3 rings (SSSR count). The van der Waals surface area contributed by atoms with Crippen LogP contribution in [0, 0.1) is 5.92 Å². The van der Waals surface area contributed by atoms with E-state index in [9.17, 15) is 13.8 Å². The average Bonchev–Trinajstić information content (AvgIpc) is 3.11. The van der Waals surface area contributed by atoms with Crippen molar-refractivity contribution in [3.63, 3.8) is 0 Å². The van der Waals surface area contributed by atoms with Crippen molar-refractivity contribution < 1.29 is 28.0 Å². The predicted molar refractivity (Wildman–Crippen MR) is 118 cm³/mol. The lowest BCUT2D eigenvalue weighted by Crippen LogP contribution is -2.43. The van der Waals surface area contributed by atoms with Crippen LogP contribution in [0.15, 0.2) is 34.3 Å². The summed E-state index contributed by atoms with van der Waals surface area (Å²) in [6, 6.07) is 4.89. The normalized spacial score (nSPS) is 19.5. The topological polar surface area (TPSA) is 94.5 Å². The first-order valence-corrected chi connectivity index (χ1v) is 11.4. The van der Waals surface area contributed by atoms with Gasteiger partial charge in [0.1, 0.15) is 23.5 Å². The summed E-state index contributed by atoms with van der Waals surface area (Å²) in [5.41, 5.74) is 0.549. The van der Waals surface area contributed by atoms with Crippen LogP contribution in [0.25, 0.3) is 0 Å². The van der Waals surface area contributed by atoms with Crippen LogP contribution in [0.1, 0.15) is 44.0 Å². The minimum absolute atomic E-state index is 0.0506. The lowest BCUT2D eigenvalue weighted by molar-refractivity contribution is 0.0202. The molecule has 9 heteroatoms. The molecule has 1 fully saturated rings. The largest absolute Gasteiger partial charge is 0.493 e. The molecule has 8 nitrogen and oxygen atoms in total. The Morgan fingerprint density at radius 2 is 1.97 bits per heavy atom. The van der Waals surface area contributed by atoms with Crippen LogP contribution in [0.4, 0.5) is 4.79 Å². The minimum atomic E-state index is -1.30. The van der Waals surface area contributed by atoms with E-state index >= 15 is 0 Å². The van der Waals surface area contributed by atoms with Gasteiger partial charge < -0.3 is 19.1 Å². The van der Waals surface area contributed by atoms with E-state index in [0.717, 1.165) is 6.29 Å². The number of rotatable bonds is 6. The molecule has 1 aromatic carbocycles.